The number of fused-ring (bicyclic) bond motifs is 1. The lowest BCUT2D eigenvalue weighted by Gasteiger charge is -2.37. The minimum Gasteiger partial charge on any atom is -0.485 e. The highest BCUT2D eigenvalue weighted by atomic mass is 16.5. The van der Waals surface area contributed by atoms with E-state index in [2.05, 4.69) is 17.9 Å². The molecule has 2 amide bonds. The number of hydrogen-bond donors (Lipinski definition) is 0. The summed E-state index contributed by atoms with van der Waals surface area (Å²) in [6, 6.07) is 15.6. The van der Waals surface area contributed by atoms with Crippen molar-refractivity contribution in [2.45, 2.75) is 32.4 Å². The zero-order valence-corrected chi connectivity index (χ0v) is 17.7. The van der Waals surface area contributed by atoms with Gasteiger partial charge in [-0.1, -0.05) is 24.3 Å². The lowest BCUT2D eigenvalue weighted by molar-refractivity contribution is -0.128. The molecule has 6 nitrogen and oxygen atoms in total. The molecule has 0 N–H and O–H groups in total. The van der Waals surface area contributed by atoms with Crippen LogP contribution in [0.25, 0.3) is 0 Å². The van der Waals surface area contributed by atoms with Crippen molar-refractivity contribution >= 4 is 17.5 Å². The molecule has 30 heavy (non-hydrogen) atoms. The van der Waals surface area contributed by atoms with Crippen molar-refractivity contribution in [2.75, 3.05) is 38.1 Å². The molecule has 1 atom stereocenters. The van der Waals surface area contributed by atoms with Gasteiger partial charge in [0.05, 0.1) is 18.8 Å². The molecule has 2 aliphatic heterocycles. The van der Waals surface area contributed by atoms with Crippen LogP contribution < -0.4 is 9.64 Å². The van der Waals surface area contributed by atoms with Crippen molar-refractivity contribution in [3.63, 3.8) is 0 Å². The Labute approximate surface area is 178 Å². The second kappa shape index (κ2) is 8.78. The zero-order valence-electron chi connectivity index (χ0n) is 17.7. The summed E-state index contributed by atoms with van der Waals surface area (Å²) >= 11 is 0. The molecule has 0 aromatic heterocycles. The maximum absolute atomic E-state index is 12.9. The number of anilines is 1. The largest absolute Gasteiger partial charge is 0.485 e. The molecule has 0 radical (unpaired) electrons. The number of carbonyl (C=O) groups excluding carboxylic acids is 2. The summed E-state index contributed by atoms with van der Waals surface area (Å²) in [6.07, 6.45) is 1.50. The number of likely N-dealkylation sites (tertiary alicyclic amines) is 1. The van der Waals surface area contributed by atoms with E-state index < -0.39 is 0 Å². The third kappa shape index (κ3) is 4.27. The van der Waals surface area contributed by atoms with Gasteiger partial charge in [0.1, 0.15) is 11.9 Å². The fourth-order valence-corrected chi connectivity index (χ4v) is 4.23. The molecule has 1 saturated heterocycles. The fourth-order valence-electron chi connectivity index (χ4n) is 4.23. The van der Waals surface area contributed by atoms with Crippen molar-refractivity contribution in [1.29, 1.82) is 0 Å². The second-order valence-corrected chi connectivity index (χ2v) is 8.05. The molecule has 2 aromatic rings. The molecule has 2 heterocycles. The monoisotopic (exact) mass is 407 g/mol. The van der Waals surface area contributed by atoms with Crippen molar-refractivity contribution in [2.24, 2.45) is 0 Å². The van der Waals surface area contributed by atoms with Crippen molar-refractivity contribution < 1.29 is 14.3 Å². The van der Waals surface area contributed by atoms with E-state index in [1.807, 2.05) is 54.4 Å². The Balaban J connectivity index is 1.37. The SMILES string of the molecule is CCN1C[C@H](CN(C)C(=O)c2ccc(CN3CCCC3=O)cc2)Oc2ccccc21. The molecule has 0 bridgehead atoms. The number of amides is 2. The second-order valence-electron chi connectivity index (χ2n) is 8.05. The van der Waals surface area contributed by atoms with Gasteiger partial charge in [0, 0.05) is 38.7 Å². The van der Waals surface area contributed by atoms with Crippen molar-refractivity contribution in [3.8, 4) is 5.75 Å². The van der Waals surface area contributed by atoms with Crippen LogP contribution in [0, 0.1) is 0 Å². The molecule has 158 valence electrons. The third-order valence-corrected chi connectivity index (χ3v) is 5.88. The molecule has 4 rings (SSSR count). The van der Waals surface area contributed by atoms with E-state index in [4.69, 9.17) is 4.74 Å². The lowest BCUT2D eigenvalue weighted by atomic mass is 10.1. The smallest absolute Gasteiger partial charge is 0.253 e. The minimum atomic E-state index is -0.0748. The number of ether oxygens (including phenoxy) is 1. The number of rotatable bonds is 6. The minimum absolute atomic E-state index is 0.0238. The summed E-state index contributed by atoms with van der Waals surface area (Å²) in [7, 11) is 1.82. The number of likely N-dealkylation sites (N-methyl/N-ethyl adjacent to an activating group) is 2. The Bertz CT molecular complexity index is 912. The first-order valence-electron chi connectivity index (χ1n) is 10.7. The van der Waals surface area contributed by atoms with Gasteiger partial charge in [-0.25, -0.2) is 0 Å². The van der Waals surface area contributed by atoms with E-state index >= 15 is 0 Å². The number of benzene rings is 2. The van der Waals surface area contributed by atoms with Crippen LogP contribution >= 0.6 is 0 Å². The van der Waals surface area contributed by atoms with E-state index in [1.165, 1.54) is 0 Å². The molecule has 0 spiro atoms. The molecular formula is C24H29N3O3. The van der Waals surface area contributed by atoms with Crippen molar-refractivity contribution in [3.05, 3.63) is 59.7 Å². The van der Waals surface area contributed by atoms with Gasteiger partial charge >= 0.3 is 0 Å². The predicted molar refractivity (Wildman–Crippen MR) is 117 cm³/mol. The summed E-state index contributed by atoms with van der Waals surface area (Å²) in [5.74, 6) is 1.06. The number of hydrogen-bond acceptors (Lipinski definition) is 4. The highest BCUT2D eigenvalue weighted by Crippen LogP contribution is 2.32. The normalized spacial score (nSPS) is 18.2. The van der Waals surface area contributed by atoms with Gasteiger partial charge < -0.3 is 19.4 Å². The van der Waals surface area contributed by atoms with Gasteiger partial charge in [0.25, 0.3) is 5.91 Å². The summed E-state index contributed by atoms with van der Waals surface area (Å²) < 4.78 is 6.15. The van der Waals surface area contributed by atoms with Gasteiger partial charge in [-0.05, 0) is 43.2 Å². The number of para-hydroxylation sites is 2. The van der Waals surface area contributed by atoms with Crippen molar-refractivity contribution in [1.82, 2.24) is 9.80 Å². The van der Waals surface area contributed by atoms with E-state index in [-0.39, 0.29) is 17.9 Å². The standard InChI is InChI=1S/C24H29N3O3/c1-3-26-17-20(30-22-8-5-4-7-21(22)26)16-25(2)24(29)19-12-10-18(11-13-19)15-27-14-6-9-23(27)28/h4-5,7-8,10-13,20H,3,6,9,14-17H2,1-2H3/t20-/m0/s1. The van der Waals surface area contributed by atoms with Crippen LogP contribution in [0.2, 0.25) is 0 Å². The first-order chi connectivity index (χ1) is 14.5. The van der Waals surface area contributed by atoms with Gasteiger partial charge in [-0.15, -0.1) is 0 Å². The highest BCUT2D eigenvalue weighted by molar-refractivity contribution is 5.94. The average molecular weight is 408 g/mol. The molecular weight excluding hydrogens is 378 g/mol. The van der Waals surface area contributed by atoms with Gasteiger partial charge in [0.15, 0.2) is 0 Å². The van der Waals surface area contributed by atoms with E-state index in [1.54, 1.807) is 4.90 Å². The number of nitrogens with zero attached hydrogens (tertiary/aromatic N) is 3. The van der Waals surface area contributed by atoms with Gasteiger partial charge in [0.2, 0.25) is 5.91 Å². The summed E-state index contributed by atoms with van der Waals surface area (Å²) in [5.41, 5.74) is 2.81. The van der Waals surface area contributed by atoms with E-state index in [9.17, 15) is 9.59 Å². The Morgan fingerprint density at radius 2 is 1.90 bits per heavy atom. The topological polar surface area (TPSA) is 53.1 Å². The van der Waals surface area contributed by atoms with Crippen LogP contribution in [0.1, 0.15) is 35.7 Å². The quantitative estimate of drug-likeness (QED) is 0.738. The summed E-state index contributed by atoms with van der Waals surface area (Å²) in [5, 5.41) is 0. The zero-order chi connectivity index (χ0) is 21.1. The molecule has 0 saturated carbocycles. The van der Waals surface area contributed by atoms with Crippen LogP contribution in [0.15, 0.2) is 48.5 Å². The Morgan fingerprint density at radius 1 is 1.13 bits per heavy atom. The molecule has 1 fully saturated rings. The van der Waals surface area contributed by atoms with Crippen LogP contribution in [0.5, 0.6) is 5.75 Å². The molecule has 0 aliphatic carbocycles. The van der Waals surface area contributed by atoms with Crippen LogP contribution in [0.3, 0.4) is 0 Å². The highest BCUT2D eigenvalue weighted by Gasteiger charge is 2.27. The summed E-state index contributed by atoms with van der Waals surface area (Å²) in [6.45, 7) is 5.75. The van der Waals surface area contributed by atoms with E-state index in [0.717, 1.165) is 43.1 Å². The summed E-state index contributed by atoms with van der Waals surface area (Å²) in [4.78, 5) is 30.6. The maximum Gasteiger partial charge on any atom is 0.253 e. The first-order valence-corrected chi connectivity index (χ1v) is 10.7. The van der Waals surface area contributed by atoms with E-state index in [0.29, 0.717) is 25.1 Å². The van der Waals surface area contributed by atoms with Crippen LogP contribution in [-0.4, -0.2) is 60.9 Å². The molecule has 6 heteroatoms. The van der Waals surface area contributed by atoms with Gasteiger partial charge in [-0.2, -0.15) is 0 Å². The Kier molecular flexibility index (Phi) is 5.93. The van der Waals surface area contributed by atoms with Crippen LogP contribution in [-0.2, 0) is 11.3 Å². The first kappa shape index (κ1) is 20.3. The van der Waals surface area contributed by atoms with Crippen LogP contribution in [0.4, 0.5) is 5.69 Å². The predicted octanol–water partition coefficient (Wildman–Crippen LogP) is 3.17. The molecule has 0 unspecified atom stereocenters. The average Bonchev–Trinajstić information content (AvgIpc) is 3.17. The number of carbonyl (C=O) groups is 2. The molecule has 2 aliphatic rings. The third-order valence-electron chi connectivity index (χ3n) is 5.88. The Morgan fingerprint density at radius 3 is 2.60 bits per heavy atom. The maximum atomic E-state index is 12.9. The van der Waals surface area contributed by atoms with Gasteiger partial charge in [-0.3, -0.25) is 9.59 Å². The fraction of sp³-hybridized carbons (Fsp3) is 0.417. The molecule has 2 aromatic carbocycles. The lowest BCUT2D eigenvalue weighted by Crippen LogP contribution is -2.46. The Hall–Kier alpha value is -3.02.